The Hall–Kier alpha value is -0.980. The van der Waals surface area contributed by atoms with Crippen molar-refractivity contribution in [1.82, 2.24) is 29.9 Å². The van der Waals surface area contributed by atoms with Gasteiger partial charge in [-0.25, -0.2) is 0 Å². The quantitative estimate of drug-likeness (QED) is 0.874. The number of aromatic nitrogens is 3. The molecule has 1 aromatic heterocycles. The Labute approximate surface area is 157 Å². The van der Waals surface area contributed by atoms with E-state index in [0.717, 1.165) is 12.6 Å². The third-order valence-electron chi connectivity index (χ3n) is 6.99. The topological polar surface area (TPSA) is 49.2 Å². The lowest BCUT2D eigenvalue weighted by Gasteiger charge is -2.39. The standard InChI is InChI=1S/C20H34N6/c1-2-12-24(11-1)15-19-22-23-20(26(19)18-3-4-18)16-7-13-25(14-8-16)17-5-9-21-10-6-17/h16-18,21H,1-15H2. The molecule has 0 amide bonds. The molecule has 26 heavy (non-hydrogen) atoms. The van der Waals surface area contributed by atoms with Crippen molar-refractivity contribution in [2.24, 2.45) is 0 Å². The Kier molecular flexibility index (Phi) is 4.99. The molecule has 4 aliphatic rings. The molecule has 0 unspecified atom stereocenters. The summed E-state index contributed by atoms with van der Waals surface area (Å²) in [7, 11) is 0. The Morgan fingerprint density at radius 1 is 0.808 bits per heavy atom. The van der Waals surface area contributed by atoms with Crippen molar-refractivity contribution in [3.05, 3.63) is 11.6 Å². The maximum Gasteiger partial charge on any atom is 0.147 e. The smallest absolute Gasteiger partial charge is 0.147 e. The molecule has 144 valence electrons. The highest BCUT2D eigenvalue weighted by Gasteiger charge is 2.35. The highest BCUT2D eigenvalue weighted by Crippen LogP contribution is 2.40. The van der Waals surface area contributed by atoms with E-state index in [1.165, 1.54) is 102 Å². The zero-order valence-corrected chi connectivity index (χ0v) is 16.1. The number of rotatable bonds is 5. The number of likely N-dealkylation sites (tertiary alicyclic amines) is 2. The van der Waals surface area contributed by atoms with Crippen LogP contribution in [-0.2, 0) is 6.54 Å². The molecule has 5 rings (SSSR count). The molecule has 1 aromatic rings. The molecule has 4 fully saturated rings. The van der Waals surface area contributed by atoms with E-state index >= 15 is 0 Å². The van der Waals surface area contributed by atoms with Crippen molar-refractivity contribution in [3.63, 3.8) is 0 Å². The molecular weight excluding hydrogens is 324 g/mol. The van der Waals surface area contributed by atoms with Gasteiger partial charge in [-0.2, -0.15) is 0 Å². The van der Waals surface area contributed by atoms with Crippen molar-refractivity contribution in [3.8, 4) is 0 Å². The van der Waals surface area contributed by atoms with Gasteiger partial charge < -0.3 is 14.8 Å². The Balaban J connectivity index is 1.26. The van der Waals surface area contributed by atoms with E-state index in [4.69, 9.17) is 5.10 Å². The lowest BCUT2D eigenvalue weighted by atomic mass is 9.93. The van der Waals surface area contributed by atoms with Crippen LogP contribution in [0.5, 0.6) is 0 Å². The van der Waals surface area contributed by atoms with Gasteiger partial charge in [-0.15, -0.1) is 10.2 Å². The Morgan fingerprint density at radius 2 is 1.54 bits per heavy atom. The van der Waals surface area contributed by atoms with Crippen molar-refractivity contribution in [1.29, 1.82) is 0 Å². The fraction of sp³-hybridized carbons (Fsp3) is 0.900. The number of piperidine rings is 2. The van der Waals surface area contributed by atoms with E-state index in [-0.39, 0.29) is 0 Å². The molecule has 1 N–H and O–H groups in total. The largest absolute Gasteiger partial charge is 0.317 e. The molecule has 6 heteroatoms. The second-order valence-electron chi connectivity index (χ2n) is 8.85. The summed E-state index contributed by atoms with van der Waals surface area (Å²) in [6, 6.07) is 1.50. The third-order valence-corrected chi connectivity index (χ3v) is 6.99. The van der Waals surface area contributed by atoms with Crippen molar-refractivity contribution in [2.45, 2.75) is 75.9 Å². The average Bonchev–Trinajstić information content (AvgIpc) is 3.24. The van der Waals surface area contributed by atoms with Gasteiger partial charge in [0.2, 0.25) is 0 Å². The summed E-state index contributed by atoms with van der Waals surface area (Å²) in [5.41, 5.74) is 0. The van der Waals surface area contributed by atoms with Crippen LogP contribution in [0.25, 0.3) is 0 Å². The monoisotopic (exact) mass is 358 g/mol. The highest BCUT2D eigenvalue weighted by atomic mass is 15.3. The molecule has 6 nitrogen and oxygen atoms in total. The molecule has 1 saturated carbocycles. The minimum absolute atomic E-state index is 0.619. The second-order valence-corrected chi connectivity index (χ2v) is 8.85. The van der Waals surface area contributed by atoms with Crippen LogP contribution in [0.1, 0.15) is 75.0 Å². The second kappa shape index (κ2) is 7.56. The predicted octanol–water partition coefficient (Wildman–Crippen LogP) is 2.14. The fourth-order valence-electron chi connectivity index (χ4n) is 5.29. The predicted molar refractivity (Wildman–Crippen MR) is 102 cm³/mol. The molecule has 1 aliphatic carbocycles. The first-order valence-electron chi connectivity index (χ1n) is 11.0. The molecule has 4 heterocycles. The van der Waals surface area contributed by atoms with Gasteiger partial charge in [0.25, 0.3) is 0 Å². The first-order chi connectivity index (χ1) is 12.9. The summed E-state index contributed by atoms with van der Waals surface area (Å²) >= 11 is 0. The average molecular weight is 359 g/mol. The van der Waals surface area contributed by atoms with Crippen LogP contribution >= 0.6 is 0 Å². The van der Waals surface area contributed by atoms with Crippen LogP contribution in [0.15, 0.2) is 0 Å². The normalized spacial score (nSPS) is 27.4. The van der Waals surface area contributed by atoms with Gasteiger partial charge in [-0.05, 0) is 90.6 Å². The van der Waals surface area contributed by atoms with Crippen LogP contribution in [0.2, 0.25) is 0 Å². The van der Waals surface area contributed by atoms with E-state index in [1.54, 1.807) is 0 Å². The van der Waals surface area contributed by atoms with E-state index in [1.807, 2.05) is 0 Å². The first-order valence-corrected chi connectivity index (χ1v) is 11.0. The van der Waals surface area contributed by atoms with Crippen LogP contribution in [-0.4, -0.2) is 69.9 Å². The summed E-state index contributed by atoms with van der Waals surface area (Å²) in [5.74, 6) is 3.17. The molecule has 0 bridgehead atoms. The van der Waals surface area contributed by atoms with Crippen LogP contribution in [0.4, 0.5) is 0 Å². The van der Waals surface area contributed by atoms with Crippen molar-refractivity contribution < 1.29 is 0 Å². The van der Waals surface area contributed by atoms with Crippen molar-refractivity contribution in [2.75, 3.05) is 39.3 Å². The minimum atomic E-state index is 0.619. The van der Waals surface area contributed by atoms with Gasteiger partial charge in [0, 0.05) is 18.0 Å². The molecular formula is C20H34N6. The Bertz CT molecular complexity index is 589. The lowest BCUT2D eigenvalue weighted by molar-refractivity contribution is 0.124. The summed E-state index contributed by atoms with van der Waals surface area (Å²) < 4.78 is 2.56. The van der Waals surface area contributed by atoms with E-state index in [2.05, 4.69) is 24.8 Å². The molecule has 0 radical (unpaired) electrons. The summed E-state index contributed by atoms with van der Waals surface area (Å²) in [4.78, 5) is 5.31. The lowest BCUT2D eigenvalue weighted by Crippen LogP contribution is -2.46. The van der Waals surface area contributed by atoms with Gasteiger partial charge in [-0.3, -0.25) is 4.90 Å². The SMILES string of the molecule is C1CCN(Cc2nnc(C3CCN(C4CCNCC4)CC3)n2C2CC2)C1. The third kappa shape index (κ3) is 3.56. The molecule has 3 saturated heterocycles. The van der Waals surface area contributed by atoms with Gasteiger partial charge >= 0.3 is 0 Å². The van der Waals surface area contributed by atoms with Gasteiger partial charge in [0.15, 0.2) is 0 Å². The minimum Gasteiger partial charge on any atom is -0.317 e. The van der Waals surface area contributed by atoms with Crippen LogP contribution in [0.3, 0.4) is 0 Å². The molecule has 3 aliphatic heterocycles. The zero-order chi connectivity index (χ0) is 17.3. The van der Waals surface area contributed by atoms with Gasteiger partial charge in [-0.1, -0.05) is 0 Å². The summed E-state index contributed by atoms with van der Waals surface area (Å²) in [5, 5.41) is 12.9. The number of nitrogens with one attached hydrogen (secondary N) is 1. The number of nitrogens with zero attached hydrogens (tertiary/aromatic N) is 5. The number of hydrogen-bond acceptors (Lipinski definition) is 5. The van der Waals surface area contributed by atoms with E-state index in [0.29, 0.717) is 12.0 Å². The maximum absolute atomic E-state index is 4.74. The molecule has 0 aromatic carbocycles. The highest BCUT2D eigenvalue weighted by molar-refractivity contribution is 5.09. The number of hydrogen-bond donors (Lipinski definition) is 1. The molecule has 0 atom stereocenters. The van der Waals surface area contributed by atoms with Crippen molar-refractivity contribution >= 4 is 0 Å². The Morgan fingerprint density at radius 3 is 2.23 bits per heavy atom. The van der Waals surface area contributed by atoms with Gasteiger partial charge in [0.1, 0.15) is 11.6 Å². The van der Waals surface area contributed by atoms with Crippen LogP contribution < -0.4 is 5.32 Å². The summed E-state index contributed by atoms with van der Waals surface area (Å²) in [6.45, 7) is 8.37. The first kappa shape index (κ1) is 17.1. The van der Waals surface area contributed by atoms with E-state index in [9.17, 15) is 0 Å². The molecule has 0 spiro atoms. The maximum atomic E-state index is 4.74. The van der Waals surface area contributed by atoms with Crippen LogP contribution in [0, 0.1) is 0 Å². The van der Waals surface area contributed by atoms with Gasteiger partial charge in [0.05, 0.1) is 6.54 Å². The fourth-order valence-corrected chi connectivity index (χ4v) is 5.29. The summed E-state index contributed by atoms with van der Waals surface area (Å²) in [6.07, 6.45) is 10.5. The van der Waals surface area contributed by atoms with E-state index < -0.39 is 0 Å². The zero-order valence-electron chi connectivity index (χ0n) is 16.1.